The molecule has 0 saturated carbocycles. The maximum Gasteiger partial charge on any atom is 0.155 e. The van der Waals surface area contributed by atoms with Gasteiger partial charge in [-0.05, 0) is 93.4 Å². The minimum absolute atomic E-state index is 0. The van der Waals surface area contributed by atoms with E-state index in [0.29, 0.717) is 0 Å². The number of allylic oxidation sites excluding steroid dienone is 3. The van der Waals surface area contributed by atoms with Gasteiger partial charge in [0.15, 0.2) is 5.78 Å². The molecule has 113 heavy (non-hydrogen) atoms. The number of carbonyl (C=O) groups excluding carboxylic acids is 1. The smallest absolute Gasteiger partial charge is 0.155 e. The van der Waals surface area contributed by atoms with Gasteiger partial charge in [0.05, 0.1) is 12.1 Å². The van der Waals surface area contributed by atoms with E-state index in [1.807, 2.05) is 206 Å². The Morgan fingerprint density at radius 1 is 0.469 bits per heavy atom. The van der Waals surface area contributed by atoms with Crippen molar-refractivity contribution in [1.82, 2.24) is 38.9 Å². The van der Waals surface area contributed by atoms with E-state index in [0.717, 1.165) is 82.5 Å². The van der Waals surface area contributed by atoms with Crippen LogP contribution in [0.5, 0.6) is 0 Å². The van der Waals surface area contributed by atoms with Crippen molar-refractivity contribution in [3.8, 4) is 45.2 Å². The SMILES string of the molecule is CC(=O)C=C(C)O.CC(C)=C(c1[c-]cccc1)c1cn(C)cn1.Cc1ccc2c(Br)cc[c-]c2c1-c1ccccn1.Cc1ccc2cc[c-]n2c1-c1ccccn1.Cc1ccc2sc[c-]c2c1-c1ccccn1.[Ir].[Ir].[Ir].[Ir].[Pt].[Pt].[c-]1cccc2ccc3ccc4cccnc4c3c12.[c-]1cccc2cccc(-c3ccccn3)c12. The van der Waals surface area contributed by atoms with Crippen molar-refractivity contribution in [1.29, 1.82) is 0 Å². The first-order valence-corrected chi connectivity index (χ1v) is 36.5. The number of benzene rings is 9. The second-order valence-corrected chi connectivity index (χ2v) is 27.1. The van der Waals surface area contributed by atoms with Crippen LogP contribution in [0, 0.1) is 57.3 Å². The van der Waals surface area contributed by atoms with Gasteiger partial charge in [-0.25, -0.2) is 16.3 Å². The van der Waals surface area contributed by atoms with Crippen LogP contribution in [-0.2, 0) is 134 Å². The molecule has 0 spiro atoms. The van der Waals surface area contributed by atoms with Gasteiger partial charge in [-0.15, -0.1) is 147 Å². The first kappa shape index (κ1) is 93.2. The number of aliphatic hydroxyl groups excluding tert-OH is 1. The number of carbonyl (C=O) groups is 1. The van der Waals surface area contributed by atoms with Crippen LogP contribution in [0.1, 0.15) is 55.6 Å². The van der Waals surface area contributed by atoms with E-state index in [-0.39, 0.29) is 134 Å². The Balaban J connectivity index is 0.000000206. The Hall–Kier alpha value is -8.64. The fourth-order valence-electron chi connectivity index (χ4n) is 12.5. The number of halogens is 1. The van der Waals surface area contributed by atoms with Gasteiger partial charge in [0.1, 0.15) is 0 Å². The normalized spacial score (nSPS) is 10.2. The summed E-state index contributed by atoms with van der Waals surface area (Å²) in [5.74, 6) is -0.0625. The number of ketones is 1. The van der Waals surface area contributed by atoms with Crippen molar-refractivity contribution in [2.75, 3.05) is 0 Å². The number of nitrogens with zero attached hydrogens (tertiary/aromatic N) is 8. The number of pyridine rings is 6. The third-order valence-electron chi connectivity index (χ3n) is 17.3. The number of imidazole rings is 1. The number of hydrogen-bond donors (Lipinski definition) is 1. The van der Waals surface area contributed by atoms with Crippen LogP contribution >= 0.6 is 27.3 Å². The average Bonchev–Trinajstić information content (AvgIpc) is 1.50. The summed E-state index contributed by atoms with van der Waals surface area (Å²) in [6.45, 7) is 13.4. The molecule has 18 aromatic rings. The Kier molecular flexibility index (Phi) is 38.0. The molecule has 0 amide bonds. The second kappa shape index (κ2) is 46.0. The Morgan fingerprint density at radius 3 is 1.61 bits per heavy atom. The van der Waals surface area contributed by atoms with Crippen LogP contribution in [-0.4, -0.2) is 49.8 Å². The molecule has 0 saturated heterocycles. The average molecular weight is 2630 g/mol. The number of aryl methyl sites for hydroxylation is 4. The molecule has 9 aromatic heterocycles. The minimum Gasteiger partial charge on any atom is -0.512 e. The van der Waals surface area contributed by atoms with Gasteiger partial charge >= 0.3 is 0 Å². The van der Waals surface area contributed by atoms with Gasteiger partial charge < -0.3 is 14.1 Å². The van der Waals surface area contributed by atoms with Crippen LogP contribution in [0.3, 0.4) is 0 Å². The van der Waals surface area contributed by atoms with Crippen LogP contribution < -0.4 is 0 Å². The van der Waals surface area contributed by atoms with Gasteiger partial charge in [0.2, 0.25) is 0 Å². The molecular formula is C95H75BrIr4N8O2Pt2S-6. The second-order valence-electron chi connectivity index (χ2n) is 25.3. The van der Waals surface area contributed by atoms with Gasteiger partial charge in [-0.1, -0.05) is 221 Å². The summed E-state index contributed by atoms with van der Waals surface area (Å²) in [4.78, 5) is 36.6. The molecule has 18 heteroatoms. The zero-order chi connectivity index (χ0) is 74.6. The fourth-order valence-corrected chi connectivity index (χ4v) is 13.7. The molecule has 582 valence electrons. The molecule has 4 radical (unpaired) electrons. The third-order valence-corrected chi connectivity index (χ3v) is 18.9. The zero-order valence-electron chi connectivity index (χ0n) is 62.6. The molecule has 0 aliphatic carbocycles. The van der Waals surface area contributed by atoms with Crippen LogP contribution in [0.2, 0.25) is 0 Å². The van der Waals surface area contributed by atoms with E-state index < -0.39 is 0 Å². The summed E-state index contributed by atoms with van der Waals surface area (Å²) in [5, 5.41) is 22.1. The predicted molar refractivity (Wildman–Crippen MR) is 446 cm³/mol. The third kappa shape index (κ3) is 24.0. The van der Waals surface area contributed by atoms with Crippen molar-refractivity contribution in [3.63, 3.8) is 0 Å². The van der Waals surface area contributed by atoms with E-state index >= 15 is 0 Å². The van der Waals surface area contributed by atoms with Crippen molar-refractivity contribution in [3.05, 3.63) is 384 Å². The largest absolute Gasteiger partial charge is 0.512 e. The van der Waals surface area contributed by atoms with Crippen molar-refractivity contribution >= 4 is 108 Å². The van der Waals surface area contributed by atoms with Gasteiger partial charge in [0.25, 0.3) is 0 Å². The number of fused-ring (bicyclic) bond motifs is 9. The van der Waals surface area contributed by atoms with Crippen molar-refractivity contribution < 1.29 is 132 Å². The molecule has 18 rings (SSSR count). The number of hydrogen-bond acceptors (Lipinski definition) is 9. The molecule has 9 aromatic carbocycles. The van der Waals surface area contributed by atoms with E-state index in [9.17, 15) is 4.79 Å². The summed E-state index contributed by atoms with van der Waals surface area (Å²) in [6, 6.07) is 100. The van der Waals surface area contributed by atoms with Gasteiger partial charge in [-0.2, -0.15) is 17.5 Å². The summed E-state index contributed by atoms with van der Waals surface area (Å²) >= 11 is 5.31. The first-order chi connectivity index (χ1) is 52.2. The quantitative estimate of drug-likeness (QED) is 0.0724. The molecule has 0 aliphatic heterocycles. The van der Waals surface area contributed by atoms with Gasteiger partial charge in [0, 0.05) is 207 Å². The Labute approximate surface area is 756 Å². The zero-order valence-corrected chi connectivity index (χ0v) is 79.1. The molecule has 0 bridgehead atoms. The number of rotatable bonds is 7. The number of thiophene rings is 1. The summed E-state index contributed by atoms with van der Waals surface area (Å²) in [5.41, 5.74) is 19.0. The molecule has 0 fully saturated rings. The van der Waals surface area contributed by atoms with E-state index in [1.54, 1.807) is 11.3 Å². The monoisotopic (exact) mass is 2630 g/mol. The Morgan fingerprint density at radius 2 is 1.02 bits per heavy atom. The molecule has 9 heterocycles. The molecular weight excluding hydrogens is 2560 g/mol. The fraction of sp³-hybridized carbons (Fsp3) is 0.0842. The molecule has 0 atom stereocenters. The topological polar surface area (TPSA) is 124 Å². The van der Waals surface area contributed by atoms with Crippen LogP contribution in [0.4, 0.5) is 0 Å². The van der Waals surface area contributed by atoms with Gasteiger partial charge in [-0.3, -0.25) is 29.7 Å². The van der Waals surface area contributed by atoms with Crippen molar-refractivity contribution in [2.24, 2.45) is 7.05 Å². The maximum atomic E-state index is 10.0. The minimum atomic E-state index is -0.125. The maximum absolute atomic E-state index is 10.0. The van der Waals surface area contributed by atoms with Crippen molar-refractivity contribution in [2.45, 2.75) is 48.5 Å². The first-order valence-electron chi connectivity index (χ1n) is 34.8. The number of aromatic nitrogens is 8. The van der Waals surface area contributed by atoms with E-state index in [2.05, 4.69) is 225 Å². The molecule has 10 nitrogen and oxygen atoms in total. The number of aliphatic hydroxyl groups is 1. The molecule has 0 aliphatic rings. The molecule has 0 unspecified atom stereocenters. The van der Waals surface area contributed by atoms with Crippen LogP contribution in [0.25, 0.3) is 120 Å². The Bertz CT molecular complexity index is 5940. The standard InChI is InChI=1S/C17H10N.C16H11BrN.C15H10N.C14H11N2.C14H15N2.C14H10NS.C5H8O2.4Ir.2Pt/c1-2-6-15-12(4-1)7-8-13-9-10-14-5-3-11-18-17(14)16(13)15;1-11-8-9-12-13(5-4-6-14(12)17)16(11)15-7-2-3-10-18-15;1-2-8-13-12(6-1)7-5-9-14(13)15-10-3-4-11-16-15;1-11-7-8-12-5-4-10-16(12)14(11)13-6-2-3-9-15-13;1-11(2)14(12-7-5-4-6-8-12)13-9-16(3)10-15-13;1-10-5-6-13-11(7-9-16-13)14(10)12-4-2-3-8-15-12;1-4(6)3-5(2)7;;;;;;/h1-5,7-11H;2-4,6-10H,1H3;1-7,9-11H;2-9H,1H3;4-7,9-10H,1-3H3;2-6,8-9H,1H3;3,6H,1-2H3;;;;;;/q6*-1;;;;;;;. The molecule has 1 N–H and O–H groups in total. The predicted octanol–water partition coefficient (Wildman–Crippen LogP) is 24.1. The van der Waals surface area contributed by atoms with E-state index in [4.69, 9.17) is 5.11 Å². The summed E-state index contributed by atoms with van der Waals surface area (Å²) in [7, 11) is 1.98. The van der Waals surface area contributed by atoms with E-state index in [1.165, 1.54) is 95.7 Å². The van der Waals surface area contributed by atoms with Crippen LogP contribution in [0.15, 0.2) is 319 Å². The summed E-state index contributed by atoms with van der Waals surface area (Å²) in [6.07, 6.45) is 17.4. The summed E-state index contributed by atoms with van der Waals surface area (Å²) < 4.78 is 6.37.